The molecule has 0 aliphatic carbocycles. The van der Waals surface area contributed by atoms with Crippen LogP contribution in [-0.2, 0) is 11.3 Å². The Kier molecular flexibility index (Phi) is 4.82. The number of fused-ring (bicyclic) bond motifs is 3. The lowest BCUT2D eigenvalue weighted by atomic mass is 10.1. The number of aliphatic hydroxyl groups excluding tert-OH is 1. The zero-order valence-corrected chi connectivity index (χ0v) is 17.3. The van der Waals surface area contributed by atoms with Crippen LogP contribution in [0.15, 0.2) is 40.7 Å². The first-order valence-corrected chi connectivity index (χ1v) is 9.91. The number of benzene rings is 1. The van der Waals surface area contributed by atoms with Crippen molar-refractivity contribution in [2.45, 2.75) is 45.9 Å². The minimum atomic E-state index is -0.563. The molecule has 8 heteroatoms. The van der Waals surface area contributed by atoms with Gasteiger partial charge in [0, 0.05) is 31.6 Å². The Balaban J connectivity index is 1.64. The van der Waals surface area contributed by atoms with Crippen LogP contribution >= 0.6 is 0 Å². The highest BCUT2D eigenvalue weighted by molar-refractivity contribution is 6.05. The Bertz CT molecular complexity index is 907. The molecule has 2 atom stereocenters. The second kappa shape index (κ2) is 7.18. The van der Waals surface area contributed by atoms with E-state index in [1.165, 1.54) is 4.90 Å². The molecule has 1 saturated heterocycles. The highest BCUT2D eigenvalue weighted by Crippen LogP contribution is 2.37. The third kappa shape index (κ3) is 2.98. The number of hydrogen-bond acceptors (Lipinski definition) is 6. The van der Waals surface area contributed by atoms with Crippen LogP contribution in [-0.4, -0.2) is 75.0 Å². The predicted molar refractivity (Wildman–Crippen MR) is 109 cm³/mol. The highest BCUT2D eigenvalue weighted by atomic mass is 16.3. The summed E-state index contributed by atoms with van der Waals surface area (Å²) in [6, 6.07) is 6.95. The molecular formula is C21H27N5O3. The summed E-state index contributed by atoms with van der Waals surface area (Å²) in [7, 11) is 1.70. The average molecular weight is 397 g/mol. The summed E-state index contributed by atoms with van der Waals surface area (Å²) in [6.45, 7) is 6.92. The van der Waals surface area contributed by atoms with E-state index in [0.717, 1.165) is 22.5 Å². The molecule has 29 heavy (non-hydrogen) atoms. The minimum Gasteiger partial charge on any atom is -0.396 e. The standard InChI is InChI=1S/C21H27N5O3/c1-13-6-8-16(9-7-13)12-25-19(28)17-18(23(4)21(25)29)22-20-24(10-5-11-27)14(2)15(3)26(17)20/h6-9,17-18,27H,5,10-12H2,1-4H3. The normalized spacial score (nSPS) is 23.8. The number of aryl methyl sites for hydroxylation is 1. The number of imide groups is 1. The molecule has 3 aliphatic rings. The number of amides is 3. The van der Waals surface area contributed by atoms with Crippen molar-refractivity contribution in [3.63, 3.8) is 0 Å². The molecule has 8 nitrogen and oxygen atoms in total. The Hall–Kier alpha value is -2.87. The van der Waals surface area contributed by atoms with Crippen molar-refractivity contribution in [3.8, 4) is 0 Å². The number of hydrogen-bond donors (Lipinski definition) is 1. The maximum atomic E-state index is 13.4. The Morgan fingerprint density at radius 3 is 2.38 bits per heavy atom. The quantitative estimate of drug-likeness (QED) is 0.818. The number of urea groups is 1. The lowest BCUT2D eigenvalue weighted by Gasteiger charge is -2.40. The summed E-state index contributed by atoms with van der Waals surface area (Å²) < 4.78 is 0. The second-order valence-electron chi connectivity index (χ2n) is 7.86. The van der Waals surface area contributed by atoms with E-state index >= 15 is 0 Å². The Morgan fingerprint density at radius 1 is 1.03 bits per heavy atom. The molecule has 0 radical (unpaired) electrons. The fourth-order valence-electron chi connectivity index (χ4n) is 4.20. The third-order valence-electron chi connectivity index (χ3n) is 6.00. The van der Waals surface area contributed by atoms with E-state index < -0.39 is 12.2 Å². The van der Waals surface area contributed by atoms with Gasteiger partial charge in [-0.15, -0.1) is 0 Å². The van der Waals surface area contributed by atoms with E-state index in [2.05, 4.69) is 0 Å². The van der Waals surface area contributed by atoms with Gasteiger partial charge in [-0.3, -0.25) is 14.6 Å². The number of rotatable bonds is 5. The molecule has 1 fully saturated rings. The van der Waals surface area contributed by atoms with Crippen molar-refractivity contribution in [2.24, 2.45) is 4.99 Å². The molecule has 0 bridgehead atoms. The second-order valence-corrected chi connectivity index (χ2v) is 7.86. The maximum Gasteiger partial charge on any atom is 0.328 e. The Labute approximate surface area is 170 Å². The molecule has 2 unspecified atom stereocenters. The van der Waals surface area contributed by atoms with E-state index in [1.807, 2.05) is 54.8 Å². The topological polar surface area (TPSA) is 79.7 Å². The number of allylic oxidation sites excluding steroid dienone is 2. The first-order chi connectivity index (χ1) is 13.8. The number of nitrogens with zero attached hydrogens (tertiary/aromatic N) is 5. The molecular weight excluding hydrogens is 370 g/mol. The van der Waals surface area contributed by atoms with Crippen LogP contribution in [0, 0.1) is 6.92 Å². The molecule has 0 saturated carbocycles. The van der Waals surface area contributed by atoms with Gasteiger partial charge in [-0.25, -0.2) is 9.79 Å². The minimum absolute atomic E-state index is 0.0879. The van der Waals surface area contributed by atoms with Gasteiger partial charge in [-0.2, -0.15) is 0 Å². The van der Waals surface area contributed by atoms with E-state index in [4.69, 9.17) is 4.99 Å². The monoisotopic (exact) mass is 397 g/mol. The van der Waals surface area contributed by atoms with E-state index in [0.29, 0.717) is 18.9 Å². The maximum absolute atomic E-state index is 13.4. The number of likely N-dealkylation sites (N-methyl/N-ethyl adjacent to an activating group) is 1. The van der Waals surface area contributed by atoms with E-state index in [1.54, 1.807) is 11.9 Å². The van der Waals surface area contributed by atoms with Gasteiger partial charge in [0.05, 0.1) is 6.54 Å². The van der Waals surface area contributed by atoms with Gasteiger partial charge >= 0.3 is 6.03 Å². The molecule has 1 N–H and O–H groups in total. The lowest BCUT2D eigenvalue weighted by molar-refractivity contribution is -0.137. The molecule has 154 valence electrons. The van der Waals surface area contributed by atoms with Crippen molar-refractivity contribution >= 4 is 17.9 Å². The first kappa shape index (κ1) is 19.4. The van der Waals surface area contributed by atoms with Crippen LogP contribution in [0.4, 0.5) is 4.79 Å². The van der Waals surface area contributed by atoms with Gasteiger partial charge in [-0.05, 0) is 32.8 Å². The van der Waals surface area contributed by atoms with Gasteiger partial charge in [0.1, 0.15) is 0 Å². The summed E-state index contributed by atoms with van der Waals surface area (Å²) in [4.78, 5) is 38.0. The SMILES string of the molecule is CC1=C(C)N2C(=NC3C2C(=O)N(Cc2ccc(C)cc2)C(=O)N3C)N1CCCO. The number of aliphatic imine (C=N–C) groups is 1. The number of guanidine groups is 1. The zero-order valence-electron chi connectivity index (χ0n) is 17.3. The van der Waals surface area contributed by atoms with Crippen LogP contribution in [0.1, 0.15) is 31.4 Å². The van der Waals surface area contributed by atoms with Gasteiger partial charge in [0.25, 0.3) is 5.91 Å². The predicted octanol–water partition coefficient (Wildman–Crippen LogP) is 1.70. The molecule has 1 aromatic carbocycles. The molecule has 0 aromatic heterocycles. The van der Waals surface area contributed by atoms with Crippen molar-refractivity contribution in [1.82, 2.24) is 19.6 Å². The zero-order chi connectivity index (χ0) is 20.9. The van der Waals surface area contributed by atoms with E-state index in [-0.39, 0.29) is 25.1 Å². The summed E-state index contributed by atoms with van der Waals surface area (Å²) in [5.41, 5.74) is 4.03. The van der Waals surface area contributed by atoms with Crippen molar-refractivity contribution in [3.05, 3.63) is 46.8 Å². The first-order valence-electron chi connectivity index (χ1n) is 9.91. The highest BCUT2D eigenvalue weighted by Gasteiger charge is 2.55. The van der Waals surface area contributed by atoms with Crippen molar-refractivity contribution in [2.75, 3.05) is 20.2 Å². The summed E-state index contributed by atoms with van der Waals surface area (Å²) in [6.07, 6.45) is 0.0636. The largest absolute Gasteiger partial charge is 0.396 e. The molecule has 1 aromatic rings. The molecule has 3 amide bonds. The van der Waals surface area contributed by atoms with Crippen LogP contribution in [0.25, 0.3) is 0 Å². The van der Waals surface area contributed by atoms with Gasteiger partial charge < -0.3 is 14.9 Å². The van der Waals surface area contributed by atoms with Crippen LogP contribution in [0.5, 0.6) is 0 Å². The number of carbonyl (C=O) groups excluding carboxylic acids is 2. The Morgan fingerprint density at radius 2 is 1.72 bits per heavy atom. The third-order valence-corrected chi connectivity index (χ3v) is 6.00. The number of carbonyl (C=O) groups is 2. The van der Waals surface area contributed by atoms with Crippen LogP contribution in [0.2, 0.25) is 0 Å². The molecule has 0 spiro atoms. The van der Waals surface area contributed by atoms with Gasteiger partial charge in [-0.1, -0.05) is 29.8 Å². The summed E-state index contributed by atoms with van der Waals surface area (Å²) >= 11 is 0. The fraction of sp³-hybridized carbons (Fsp3) is 0.476. The molecule has 3 heterocycles. The average Bonchev–Trinajstić information content (AvgIpc) is 3.20. The lowest BCUT2D eigenvalue weighted by Crippen LogP contribution is -2.64. The van der Waals surface area contributed by atoms with Crippen LogP contribution in [0.3, 0.4) is 0 Å². The smallest absolute Gasteiger partial charge is 0.328 e. The van der Waals surface area contributed by atoms with Crippen molar-refractivity contribution < 1.29 is 14.7 Å². The van der Waals surface area contributed by atoms with Crippen LogP contribution < -0.4 is 0 Å². The summed E-state index contributed by atoms with van der Waals surface area (Å²) in [5.74, 6) is 0.460. The van der Waals surface area contributed by atoms with Gasteiger partial charge in [0.15, 0.2) is 12.2 Å². The number of aliphatic hydroxyl groups is 1. The van der Waals surface area contributed by atoms with E-state index in [9.17, 15) is 14.7 Å². The summed E-state index contributed by atoms with van der Waals surface area (Å²) in [5, 5.41) is 9.23. The fourth-order valence-corrected chi connectivity index (χ4v) is 4.20. The van der Waals surface area contributed by atoms with Crippen molar-refractivity contribution in [1.29, 1.82) is 0 Å². The van der Waals surface area contributed by atoms with Gasteiger partial charge in [0.2, 0.25) is 5.96 Å². The molecule has 3 aliphatic heterocycles. The molecule has 4 rings (SSSR count).